The van der Waals surface area contributed by atoms with Gasteiger partial charge in [0, 0.05) is 6.42 Å². The molecule has 0 radical (unpaired) electrons. The van der Waals surface area contributed by atoms with Gasteiger partial charge in [-0.25, -0.2) is 4.79 Å². The van der Waals surface area contributed by atoms with E-state index < -0.39 is 11.8 Å². The van der Waals surface area contributed by atoms with Gasteiger partial charge in [-0.05, 0) is 12.0 Å². The Bertz CT molecular complexity index is 456. The first kappa shape index (κ1) is 16.0. The molecule has 2 N–H and O–H groups in total. The van der Waals surface area contributed by atoms with E-state index in [1.54, 1.807) is 6.07 Å². The third-order valence-electron chi connectivity index (χ3n) is 2.85. The van der Waals surface area contributed by atoms with E-state index in [9.17, 15) is 9.90 Å². The molecule has 0 aliphatic rings. The lowest BCUT2D eigenvalue weighted by atomic mass is 10.1. The Hall–Kier alpha value is -2.06. The molecule has 0 aromatic heterocycles. The fraction of sp³-hybridized carbons (Fsp3) is 0.467. The maximum Gasteiger partial charge on any atom is 0.410 e. The number of hydrogen-bond donors (Lipinski definition) is 2. The minimum atomic E-state index is -1.86. The number of benzene rings is 1. The fourth-order valence-electron chi connectivity index (χ4n) is 1.71. The summed E-state index contributed by atoms with van der Waals surface area (Å²) in [5.74, 6) is 0. The molecule has 0 aliphatic heterocycles. The molecule has 0 saturated heterocycles. The lowest BCUT2D eigenvalue weighted by Gasteiger charge is -2.21. The molecule has 1 aromatic rings. The van der Waals surface area contributed by atoms with Crippen LogP contribution in [0.15, 0.2) is 30.3 Å². The Balaban J connectivity index is 2.41. The van der Waals surface area contributed by atoms with Gasteiger partial charge in [-0.3, -0.25) is 5.32 Å². The number of nitriles is 1. The van der Waals surface area contributed by atoms with Crippen LogP contribution in [-0.2, 0) is 11.3 Å². The first-order valence-corrected chi connectivity index (χ1v) is 6.72. The predicted octanol–water partition coefficient (Wildman–Crippen LogP) is 2.71. The standard InChI is InChI=1S/C15H20N2O3/c1-2-3-7-10-15(19,12-16)17-14(18)20-11-13-8-5-4-6-9-13/h4-6,8-9,19H,2-3,7,10-11H2,1H3,(H,17,18). The maximum atomic E-state index is 11.6. The zero-order valence-corrected chi connectivity index (χ0v) is 11.6. The summed E-state index contributed by atoms with van der Waals surface area (Å²) in [5.41, 5.74) is -1.02. The Morgan fingerprint density at radius 3 is 2.70 bits per heavy atom. The number of nitrogens with zero attached hydrogens (tertiary/aromatic N) is 1. The number of carbonyl (C=O) groups excluding carboxylic acids is 1. The van der Waals surface area contributed by atoms with Crippen LogP contribution in [0.5, 0.6) is 0 Å². The number of amides is 1. The second-order valence-electron chi connectivity index (χ2n) is 4.62. The van der Waals surface area contributed by atoms with Crippen LogP contribution in [0.2, 0.25) is 0 Å². The highest BCUT2D eigenvalue weighted by atomic mass is 16.6. The number of ether oxygens (including phenoxy) is 1. The Kier molecular flexibility index (Phi) is 6.54. The van der Waals surface area contributed by atoms with E-state index in [1.807, 2.05) is 37.3 Å². The molecule has 5 heteroatoms. The third-order valence-corrected chi connectivity index (χ3v) is 2.85. The van der Waals surface area contributed by atoms with Crippen molar-refractivity contribution in [3.63, 3.8) is 0 Å². The van der Waals surface area contributed by atoms with Crippen molar-refractivity contribution in [3.05, 3.63) is 35.9 Å². The number of hydrogen-bond acceptors (Lipinski definition) is 4. The third kappa shape index (κ3) is 5.72. The van der Waals surface area contributed by atoms with E-state index in [1.165, 1.54) is 0 Å². The van der Waals surface area contributed by atoms with Crippen molar-refractivity contribution in [1.82, 2.24) is 5.32 Å². The molecular weight excluding hydrogens is 256 g/mol. The van der Waals surface area contributed by atoms with Crippen LogP contribution in [0.3, 0.4) is 0 Å². The SMILES string of the molecule is CCCCCC(O)(C#N)NC(=O)OCc1ccccc1. The van der Waals surface area contributed by atoms with Gasteiger partial charge in [0.25, 0.3) is 0 Å². The summed E-state index contributed by atoms with van der Waals surface area (Å²) in [6, 6.07) is 10.9. The number of rotatable bonds is 7. The molecule has 1 amide bonds. The molecule has 0 fully saturated rings. The summed E-state index contributed by atoms with van der Waals surface area (Å²) < 4.78 is 4.97. The molecule has 0 aliphatic carbocycles. The molecule has 5 nitrogen and oxygen atoms in total. The Labute approximate surface area is 119 Å². The quantitative estimate of drug-likeness (QED) is 0.455. The van der Waals surface area contributed by atoms with Crippen molar-refractivity contribution in [3.8, 4) is 6.07 Å². The number of unbranched alkanes of at least 4 members (excludes halogenated alkanes) is 2. The van der Waals surface area contributed by atoms with Gasteiger partial charge in [-0.2, -0.15) is 5.26 Å². The summed E-state index contributed by atoms with van der Waals surface area (Å²) in [4.78, 5) is 11.6. The van der Waals surface area contributed by atoms with Crippen LogP contribution >= 0.6 is 0 Å². The van der Waals surface area contributed by atoms with Crippen molar-refractivity contribution in [2.75, 3.05) is 0 Å². The van der Waals surface area contributed by atoms with E-state index in [2.05, 4.69) is 5.32 Å². The van der Waals surface area contributed by atoms with Gasteiger partial charge in [0.15, 0.2) is 0 Å². The number of nitrogens with one attached hydrogen (secondary N) is 1. The van der Waals surface area contributed by atoms with Crippen LogP contribution in [0.4, 0.5) is 4.79 Å². The monoisotopic (exact) mass is 276 g/mol. The molecule has 108 valence electrons. The minimum Gasteiger partial charge on any atom is -0.445 e. The molecule has 1 aromatic carbocycles. The van der Waals surface area contributed by atoms with Crippen LogP contribution in [-0.4, -0.2) is 16.9 Å². The highest BCUT2D eigenvalue weighted by Crippen LogP contribution is 2.12. The number of aliphatic hydroxyl groups is 1. The van der Waals surface area contributed by atoms with Gasteiger partial charge in [-0.15, -0.1) is 0 Å². The summed E-state index contributed by atoms with van der Waals surface area (Å²) in [6.45, 7) is 2.12. The van der Waals surface area contributed by atoms with Gasteiger partial charge in [0.05, 0.1) is 0 Å². The smallest absolute Gasteiger partial charge is 0.410 e. The Morgan fingerprint density at radius 1 is 1.40 bits per heavy atom. The van der Waals surface area contributed by atoms with Gasteiger partial charge >= 0.3 is 6.09 Å². The first-order valence-electron chi connectivity index (χ1n) is 6.72. The van der Waals surface area contributed by atoms with Crippen molar-refractivity contribution >= 4 is 6.09 Å². The molecule has 20 heavy (non-hydrogen) atoms. The van der Waals surface area contributed by atoms with Crippen LogP contribution < -0.4 is 5.32 Å². The second-order valence-corrected chi connectivity index (χ2v) is 4.62. The summed E-state index contributed by atoms with van der Waals surface area (Å²) in [7, 11) is 0. The molecule has 0 saturated carbocycles. The van der Waals surface area contributed by atoms with Crippen LogP contribution in [0, 0.1) is 11.3 Å². The van der Waals surface area contributed by atoms with Gasteiger partial charge in [0.1, 0.15) is 12.7 Å². The van der Waals surface area contributed by atoms with Crippen molar-refractivity contribution < 1.29 is 14.6 Å². The van der Waals surface area contributed by atoms with Crippen LogP contribution in [0.25, 0.3) is 0 Å². The largest absolute Gasteiger partial charge is 0.445 e. The van der Waals surface area contributed by atoms with E-state index in [0.717, 1.165) is 18.4 Å². The average molecular weight is 276 g/mol. The van der Waals surface area contributed by atoms with Gasteiger partial charge < -0.3 is 9.84 Å². The maximum absolute atomic E-state index is 11.6. The van der Waals surface area contributed by atoms with Gasteiger partial charge in [0.2, 0.25) is 5.72 Å². The van der Waals surface area contributed by atoms with Crippen molar-refractivity contribution in [2.24, 2.45) is 0 Å². The topological polar surface area (TPSA) is 82.4 Å². The average Bonchev–Trinajstić information content (AvgIpc) is 2.46. The second kappa shape index (κ2) is 8.18. The summed E-state index contributed by atoms with van der Waals surface area (Å²) in [5, 5.41) is 21.1. The lowest BCUT2D eigenvalue weighted by molar-refractivity contribution is 0.0403. The zero-order valence-electron chi connectivity index (χ0n) is 11.6. The molecule has 0 bridgehead atoms. The normalized spacial score (nSPS) is 13.1. The summed E-state index contributed by atoms with van der Waals surface area (Å²) >= 11 is 0. The molecule has 0 heterocycles. The lowest BCUT2D eigenvalue weighted by Crippen LogP contribution is -2.47. The fourth-order valence-corrected chi connectivity index (χ4v) is 1.71. The van der Waals surface area contributed by atoms with Crippen molar-refractivity contribution in [2.45, 2.75) is 44.9 Å². The van der Waals surface area contributed by atoms with Crippen molar-refractivity contribution in [1.29, 1.82) is 5.26 Å². The number of alkyl carbamates (subject to hydrolysis) is 1. The molecule has 1 unspecified atom stereocenters. The van der Waals surface area contributed by atoms with E-state index in [4.69, 9.17) is 10.00 Å². The molecular formula is C15H20N2O3. The van der Waals surface area contributed by atoms with Gasteiger partial charge in [-0.1, -0.05) is 50.1 Å². The van der Waals surface area contributed by atoms with E-state index >= 15 is 0 Å². The zero-order chi connectivity index (χ0) is 14.8. The first-order chi connectivity index (χ1) is 9.59. The Morgan fingerprint density at radius 2 is 2.10 bits per heavy atom. The molecule has 1 atom stereocenters. The highest BCUT2D eigenvalue weighted by molar-refractivity contribution is 5.68. The van der Waals surface area contributed by atoms with E-state index in [0.29, 0.717) is 6.42 Å². The molecule has 0 spiro atoms. The summed E-state index contributed by atoms with van der Waals surface area (Å²) in [6.07, 6.45) is 1.93. The molecule has 1 rings (SSSR count). The highest BCUT2D eigenvalue weighted by Gasteiger charge is 2.28. The van der Waals surface area contributed by atoms with Crippen LogP contribution in [0.1, 0.15) is 38.2 Å². The minimum absolute atomic E-state index is 0.100. The predicted molar refractivity (Wildman–Crippen MR) is 74.5 cm³/mol. The van der Waals surface area contributed by atoms with E-state index in [-0.39, 0.29) is 13.0 Å². The number of carbonyl (C=O) groups is 1.